The van der Waals surface area contributed by atoms with Gasteiger partial charge in [0, 0.05) is 26.2 Å². The van der Waals surface area contributed by atoms with Crippen LogP contribution in [0.15, 0.2) is 24.3 Å². The quantitative estimate of drug-likeness (QED) is 0.642. The molecule has 8 heteroatoms. The van der Waals surface area contributed by atoms with E-state index in [9.17, 15) is 14.4 Å². The van der Waals surface area contributed by atoms with Crippen LogP contribution in [0.5, 0.6) is 0 Å². The van der Waals surface area contributed by atoms with E-state index in [1.807, 2.05) is 12.1 Å². The van der Waals surface area contributed by atoms with Crippen molar-refractivity contribution in [2.75, 3.05) is 19.6 Å². The van der Waals surface area contributed by atoms with Crippen LogP contribution < -0.4 is 10.6 Å². The van der Waals surface area contributed by atoms with Crippen molar-refractivity contribution in [2.24, 2.45) is 5.92 Å². The molecule has 4 rings (SSSR count). The van der Waals surface area contributed by atoms with E-state index in [4.69, 9.17) is 4.74 Å². The summed E-state index contributed by atoms with van der Waals surface area (Å²) < 4.78 is 5.79. The summed E-state index contributed by atoms with van der Waals surface area (Å²) in [7, 11) is 0. The Morgan fingerprint density at radius 2 is 1.67 bits per heavy atom. The van der Waals surface area contributed by atoms with Gasteiger partial charge < -0.3 is 15.4 Å². The Balaban J connectivity index is 1.25. The number of rotatable bonds is 6. The summed E-state index contributed by atoms with van der Waals surface area (Å²) in [6.45, 7) is 9.19. The standard InChI is InChI=1S/C25H36N4O4/c1-17-8-10-25(11-9-17)23(31)29(24(32)27-25)16-22(30)26-12-20-4-6-21(7-5-20)15-28-13-18(2)33-19(3)14-28/h4-7,17-19H,8-16H2,1-3H3,(H,26,30)(H,27,32). The number of benzene rings is 1. The van der Waals surface area contributed by atoms with Crippen molar-refractivity contribution >= 4 is 17.8 Å². The molecule has 0 bridgehead atoms. The number of carbonyl (C=O) groups excluding carboxylic acids is 3. The maximum Gasteiger partial charge on any atom is 0.325 e. The van der Waals surface area contributed by atoms with Gasteiger partial charge in [-0.05, 0) is 56.6 Å². The largest absolute Gasteiger partial charge is 0.373 e. The SMILES string of the molecule is CC1CCC2(CC1)NC(=O)N(CC(=O)NCc1ccc(CN3CC(C)OC(C)C3)cc1)C2=O. The first-order valence-corrected chi connectivity index (χ1v) is 12.1. The number of hydrogen-bond donors (Lipinski definition) is 2. The van der Waals surface area contributed by atoms with E-state index in [-0.39, 0.29) is 30.6 Å². The number of hydrogen-bond acceptors (Lipinski definition) is 5. The molecule has 4 amide bonds. The molecule has 180 valence electrons. The molecule has 2 saturated heterocycles. The lowest BCUT2D eigenvalue weighted by Crippen LogP contribution is -2.49. The highest BCUT2D eigenvalue weighted by molar-refractivity contribution is 6.09. The van der Waals surface area contributed by atoms with Crippen molar-refractivity contribution in [1.82, 2.24) is 20.4 Å². The molecule has 1 aromatic carbocycles. The van der Waals surface area contributed by atoms with Crippen LogP contribution in [-0.2, 0) is 27.4 Å². The lowest BCUT2D eigenvalue weighted by Gasteiger charge is -2.35. The summed E-state index contributed by atoms with van der Waals surface area (Å²) in [6, 6.07) is 7.72. The highest BCUT2D eigenvalue weighted by Crippen LogP contribution is 2.36. The number of urea groups is 1. The molecule has 0 radical (unpaired) electrons. The molecule has 3 fully saturated rings. The van der Waals surface area contributed by atoms with Crippen LogP contribution in [0.2, 0.25) is 0 Å². The van der Waals surface area contributed by atoms with Crippen molar-refractivity contribution in [2.45, 2.75) is 77.3 Å². The topological polar surface area (TPSA) is 91.0 Å². The minimum Gasteiger partial charge on any atom is -0.373 e. The van der Waals surface area contributed by atoms with Gasteiger partial charge in [0.25, 0.3) is 5.91 Å². The smallest absolute Gasteiger partial charge is 0.325 e. The number of imide groups is 1. The molecule has 2 atom stereocenters. The molecular formula is C25H36N4O4. The lowest BCUT2D eigenvalue weighted by molar-refractivity contribution is -0.136. The summed E-state index contributed by atoms with van der Waals surface area (Å²) >= 11 is 0. The number of morpholine rings is 1. The third-order valence-corrected chi connectivity index (χ3v) is 7.09. The molecule has 2 aliphatic heterocycles. The minimum absolute atomic E-state index is 0.240. The molecule has 1 spiro atoms. The predicted octanol–water partition coefficient (Wildman–Crippen LogP) is 2.41. The van der Waals surface area contributed by atoms with E-state index in [0.717, 1.165) is 42.9 Å². The van der Waals surface area contributed by atoms with E-state index in [0.29, 0.717) is 25.3 Å². The second kappa shape index (κ2) is 9.81. The first-order chi connectivity index (χ1) is 15.7. The molecule has 1 aromatic rings. The first kappa shape index (κ1) is 23.7. The molecule has 1 aliphatic carbocycles. The van der Waals surface area contributed by atoms with Gasteiger partial charge in [-0.2, -0.15) is 0 Å². The fourth-order valence-electron chi connectivity index (χ4n) is 5.25. The average Bonchev–Trinajstić information content (AvgIpc) is 2.99. The number of ether oxygens (including phenoxy) is 1. The summed E-state index contributed by atoms with van der Waals surface area (Å²) in [5, 5.41) is 5.70. The lowest BCUT2D eigenvalue weighted by atomic mass is 9.77. The molecule has 0 aromatic heterocycles. The molecule has 8 nitrogen and oxygen atoms in total. The van der Waals surface area contributed by atoms with Gasteiger partial charge in [-0.1, -0.05) is 31.2 Å². The van der Waals surface area contributed by atoms with Crippen LogP contribution in [-0.4, -0.2) is 65.0 Å². The molecular weight excluding hydrogens is 420 g/mol. The van der Waals surface area contributed by atoms with E-state index in [1.165, 1.54) is 5.56 Å². The third-order valence-electron chi connectivity index (χ3n) is 7.09. The highest BCUT2D eigenvalue weighted by Gasteiger charge is 2.52. The Hall–Kier alpha value is -2.45. The Bertz CT molecular complexity index is 869. The maximum atomic E-state index is 12.9. The van der Waals surface area contributed by atoms with Crippen molar-refractivity contribution < 1.29 is 19.1 Å². The van der Waals surface area contributed by atoms with Crippen molar-refractivity contribution in [3.05, 3.63) is 35.4 Å². The fourth-order valence-corrected chi connectivity index (χ4v) is 5.25. The Kier molecular flexibility index (Phi) is 7.05. The first-order valence-electron chi connectivity index (χ1n) is 12.1. The third kappa shape index (κ3) is 5.55. The molecule has 2 unspecified atom stereocenters. The van der Waals surface area contributed by atoms with Crippen molar-refractivity contribution in [3.63, 3.8) is 0 Å². The average molecular weight is 457 g/mol. The maximum absolute atomic E-state index is 12.9. The Labute approximate surface area is 196 Å². The van der Waals surface area contributed by atoms with Crippen LogP contribution in [0.25, 0.3) is 0 Å². The second-order valence-electron chi connectivity index (χ2n) is 10.1. The highest BCUT2D eigenvalue weighted by atomic mass is 16.5. The summed E-state index contributed by atoms with van der Waals surface area (Å²) in [6.07, 6.45) is 3.59. The zero-order valence-corrected chi connectivity index (χ0v) is 19.9. The summed E-state index contributed by atoms with van der Waals surface area (Å²) in [5.74, 6) is -0.0317. The molecule has 3 aliphatic rings. The summed E-state index contributed by atoms with van der Waals surface area (Å²) in [5.41, 5.74) is 1.39. The van der Waals surface area contributed by atoms with Crippen LogP contribution in [0.1, 0.15) is 57.6 Å². The van der Waals surface area contributed by atoms with Gasteiger partial charge in [-0.25, -0.2) is 4.79 Å². The number of nitrogens with one attached hydrogen (secondary N) is 2. The van der Waals surface area contributed by atoms with E-state index >= 15 is 0 Å². The van der Waals surface area contributed by atoms with Crippen LogP contribution in [0, 0.1) is 5.92 Å². The Morgan fingerprint density at radius 1 is 1.06 bits per heavy atom. The van der Waals surface area contributed by atoms with E-state index in [1.54, 1.807) is 0 Å². The zero-order chi connectivity index (χ0) is 23.6. The zero-order valence-electron chi connectivity index (χ0n) is 19.9. The normalized spacial score (nSPS) is 30.5. The molecule has 2 heterocycles. The fraction of sp³-hybridized carbons (Fsp3) is 0.640. The minimum atomic E-state index is -0.810. The molecule has 1 saturated carbocycles. The van der Waals surface area contributed by atoms with Crippen LogP contribution in [0.4, 0.5) is 4.79 Å². The monoisotopic (exact) mass is 456 g/mol. The van der Waals surface area contributed by atoms with Gasteiger partial charge in [-0.15, -0.1) is 0 Å². The predicted molar refractivity (Wildman–Crippen MR) is 124 cm³/mol. The Morgan fingerprint density at radius 3 is 2.30 bits per heavy atom. The van der Waals surface area contributed by atoms with Crippen LogP contribution in [0.3, 0.4) is 0 Å². The van der Waals surface area contributed by atoms with Crippen molar-refractivity contribution in [3.8, 4) is 0 Å². The van der Waals surface area contributed by atoms with Gasteiger partial charge in [0.05, 0.1) is 12.2 Å². The number of amides is 4. The van der Waals surface area contributed by atoms with Gasteiger partial charge in [0.15, 0.2) is 0 Å². The van der Waals surface area contributed by atoms with Gasteiger partial charge in [0.2, 0.25) is 5.91 Å². The van der Waals surface area contributed by atoms with E-state index in [2.05, 4.69) is 48.4 Å². The number of nitrogens with zero attached hydrogens (tertiary/aromatic N) is 2. The van der Waals surface area contributed by atoms with Gasteiger partial charge >= 0.3 is 6.03 Å². The number of carbonyl (C=O) groups is 3. The van der Waals surface area contributed by atoms with E-state index < -0.39 is 11.6 Å². The van der Waals surface area contributed by atoms with Crippen molar-refractivity contribution in [1.29, 1.82) is 0 Å². The molecule has 2 N–H and O–H groups in total. The van der Waals surface area contributed by atoms with Gasteiger partial charge in [0.1, 0.15) is 12.1 Å². The summed E-state index contributed by atoms with van der Waals surface area (Å²) in [4.78, 5) is 41.2. The van der Waals surface area contributed by atoms with Crippen LogP contribution >= 0.6 is 0 Å². The second-order valence-corrected chi connectivity index (χ2v) is 10.1. The van der Waals surface area contributed by atoms with Gasteiger partial charge in [-0.3, -0.25) is 19.4 Å². The molecule has 33 heavy (non-hydrogen) atoms.